The molecule has 0 unspecified atom stereocenters. The van der Waals surface area contributed by atoms with Gasteiger partial charge in [-0.3, -0.25) is 0 Å². The number of hydrogen-bond acceptors (Lipinski definition) is 2. The molecule has 0 saturated carbocycles. The molecule has 0 atom stereocenters. The Bertz CT molecular complexity index is 111. The zero-order valence-corrected chi connectivity index (χ0v) is 4.03. The second-order valence-corrected chi connectivity index (χ2v) is 1.66. The third-order valence-electron chi connectivity index (χ3n) is 0.491. The van der Waals surface area contributed by atoms with Crippen LogP contribution >= 0.6 is 11.5 Å². The average molecular weight is 98.2 g/mol. The lowest BCUT2D eigenvalue weighted by Crippen LogP contribution is -1.57. The van der Waals surface area contributed by atoms with Crippen LogP contribution in [0, 0.1) is 6.92 Å². The normalized spacial score (nSPS) is 8.83. The summed E-state index contributed by atoms with van der Waals surface area (Å²) >= 11 is 1.43. The van der Waals surface area contributed by atoms with Crippen LogP contribution in [0.2, 0.25) is 0 Å². The number of nitrogens with zero attached hydrogens (tertiary/aromatic N) is 1. The molecular weight excluding hydrogens is 94.1 g/mol. The Morgan fingerprint density at radius 1 is 1.83 bits per heavy atom. The van der Waals surface area contributed by atoms with E-state index in [0.717, 1.165) is 5.69 Å². The molecule has 1 aromatic rings. The smallest absolute Gasteiger partial charge is 0.0546 e. The van der Waals surface area contributed by atoms with Crippen molar-refractivity contribution in [1.82, 2.24) is 4.37 Å². The second-order valence-electron chi connectivity index (χ2n) is 0.991. The van der Waals surface area contributed by atoms with Gasteiger partial charge in [0.25, 0.3) is 0 Å². The van der Waals surface area contributed by atoms with Gasteiger partial charge in [-0.2, -0.15) is 4.37 Å². The summed E-state index contributed by atoms with van der Waals surface area (Å²) in [5, 5.41) is 1.91. The predicted octanol–water partition coefficient (Wildman–Crippen LogP) is 1.33. The van der Waals surface area contributed by atoms with Crippen molar-refractivity contribution in [2.24, 2.45) is 0 Å². The molecule has 2 heteroatoms. The first-order chi connectivity index (χ1) is 2.89. The van der Waals surface area contributed by atoms with E-state index < -0.39 is 0 Å². The van der Waals surface area contributed by atoms with Crippen molar-refractivity contribution in [1.29, 1.82) is 0 Å². The lowest BCUT2D eigenvalue weighted by molar-refractivity contribution is 1.47. The summed E-state index contributed by atoms with van der Waals surface area (Å²) in [6.07, 6.45) is 0. The molecule has 31 valence electrons. The van der Waals surface area contributed by atoms with Crippen molar-refractivity contribution in [3.8, 4) is 0 Å². The van der Waals surface area contributed by atoms with Crippen LogP contribution in [0.15, 0.2) is 11.4 Å². The van der Waals surface area contributed by atoms with Gasteiger partial charge in [0.05, 0.1) is 5.69 Å². The Hall–Kier alpha value is -0.370. The lowest BCUT2D eigenvalue weighted by atomic mass is 10.5. The minimum absolute atomic E-state index is 0.861. The highest BCUT2D eigenvalue weighted by molar-refractivity contribution is 7.03. The van der Waals surface area contributed by atoms with Crippen molar-refractivity contribution in [3.05, 3.63) is 24.1 Å². The molecule has 1 nitrogen and oxygen atoms in total. The van der Waals surface area contributed by atoms with Crippen LogP contribution in [0.25, 0.3) is 0 Å². The fourth-order valence-corrected chi connectivity index (χ4v) is 0.713. The van der Waals surface area contributed by atoms with Gasteiger partial charge in [0.2, 0.25) is 0 Å². The standard InChI is InChI=1S/C4H4NS/c1-4-2-3-6-5-4/h2-3H,1H2. The van der Waals surface area contributed by atoms with Crippen LogP contribution in [0.5, 0.6) is 0 Å². The summed E-state index contributed by atoms with van der Waals surface area (Å²) in [5.74, 6) is 0. The third-order valence-corrected chi connectivity index (χ3v) is 1.09. The second kappa shape index (κ2) is 1.39. The first-order valence-corrected chi connectivity index (χ1v) is 2.45. The number of rotatable bonds is 0. The molecule has 0 amide bonds. The van der Waals surface area contributed by atoms with Crippen molar-refractivity contribution < 1.29 is 0 Å². The van der Waals surface area contributed by atoms with Crippen LogP contribution < -0.4 is 0 Å². The maximum Gasteiger partial charge on any atom is 0.0546 e. The number of aromatic nitrogens is 1. The largest absolute Gasteiger partial charge is 0.198 e. The first kappa shape index (κ1) is 3.81. The molecular formula is C4H4NS. The summed E-state index contributed by atoms with van der Waals surface area (Å²) < 4.78 is 3.85. The minimum atomic E-state index is 0.861. The molecule has 1 aromatic heterocycles. The van der Waals surface area contributed by atoms with Gasteiger partial charge in [0, 0.05) is 5.38 Å². The molecule has 1 heterocycles. The van der Waals surface area contributed by atoms with E-state index in [1.54, 1.807) is 0 Å². The summed E-state index contributed by atoms with van der Waals surface area (Å²) in [4.78, 5) is 0. The van der Waals surface area contributed by atoms with E-state index in [-0.39, 0.29) is 0 Å². The third kappa shape index (κ3) is 0.571. The fourth-order valence-electron chi connectivity index (χ4n) is 0.238. The zero-order chi connectivity index (χ0) is 4.41. The van der Waals surface area contributed by atoms with Crippen molar-refractivity contribution in [3.63, 3.8) is 0 Å². The van der Waals surface area contributed by atoms with Gasteiger partial charge in [-0.1, -0.05) is 0 Å². The van der Waals surface area contributed by atoms with Crippen LogP contribution in [0.4, 0.5) is 0 Å². The zero-order valence-electron chi connectivity index (χ0n) is 3.22. The molecule has 0 aliphatic heterocycles. The predicted molar refractivity (Wildman–Crippen MR) is 26.6 cm³/mol. The van der Waals surface area contributed by atoms with E-state index in [9.17, 15) is 0 Å². The van der Waals surface area contributed by atoms with E-state index in [0.29, 0.717) is 0 Å². The SMILES string of the molecule is [CH2]c1ccsn1. The van der Waals surface area contributed by atoms with Crippen molar-refractivity contribution >= 4 is 11.5 Å². The molecule has 0 spiro atoms. The molecule has 0 aliphatic carbocycles. The van der Waals surface area contributed by atoms with Crippen LogP contribution in [-0.4, -0.2) is 4.37 Å². The molecule has 0 saturated heterocycles. The maximum absolute atomic E-state index is 3.85. The lowest BCUT2D eigenvalue weighted by Gasteiger charge is -1.64. The van der Waals surface area contributed by atoms with Gasteiger partial charge in [-0.25, -0.2) is 0 Å². The van der Waals surface area contributed by atoms with E-state index in [1.807, 2.05) is 11.4 Å². The molecule has 0 fully saturated rings. The van der Waals surface area contributed by atoms with Crippen LogP contribution in [0.3, 0.4) is 0 Å². The molecule has 0 bridgehead atoms. The summed E-state index contributed by atoms with van der Waals surface area (Å²) in [6, 6.07) is 1.88. The van der Waals surface area contributed by atoms with Gasteiger partial charge in [-0.15, -0.1) is 0 Å². The molecule has 6 heavy (non-hydrogen) atoms. The summed E-state index contributed by atoms with van der Waals surface area (Å²) in [7, 11) is 0. The Morgan fingerprint density at radius 2 is 2.67 bits per heavy atom. The molecule has 0 N–H and O–H groups in total. The van der Waals surface area contributed by atoms with Gasteiger partial charge in [0.1, 0.15) is 0 Å². The Kier molecular flexibility index (Phi) is 0.881. The number of hydrogen-bond donors (Lipinski definition) is 0. The molecule has 0 aliphatic rings. The Morgan fingerprint density at radius 3 is 2.83 bits per heavy atom. The van der Waals surface area contributed by atoms with Crippen LogP contribution in [0.1, 0.15) is 5.69 Å². The van der Waals surface area contributed by atoms with Crippen molar-refractivity contribution in [2.75, 3.05) is 0 Å². The van der Waals surface area contributed by atoms with E-state index in [1.165, 1.54) is 11.5 Å². The first-order valence-electron chi connectivity index (χ1n) is 1.62. The highest BCUT2D eigenvalue weighted by atomic mass is 32.1. The highest BCUT2D eigenvalue weighted by Crippen LogP contribution is 1.94. The molecule has 0 aromatic carbocycles. The molecule has 1 radical (unpaired) electrons. The summed E-state index contributed by atoms with van der Waals surface area (Å²) in [5.41, 5.74) is 0.861. The fraction of sp³-hybridized carbons (Fsp3) is 0. The monoisotopic (exact) mass is 98.0 g/mol. The van der Waals surface area contributed by atoms with Gasteiger partial charge in [-0.05, 0) is 24.5 Å². The topological polar surface area (TPSA) is 12.9 Å². The quantitative estimate of drug-likeness (QED) is 0.477. The van der Waals surface area contributed by atoms with Gasteiger partial charge in [0.15, 0.2) is 0 Å². The molecule has 1 rings (SSSR count). The Balaban J connectivity index is 3.05. The minimum Gasteiger partial charge on any atom is -0.198 e. The van der Waals surface area contributed by atoms with Crippen molar-refractivity contribution in [2.45, 2.75) is 0 Å². The summed E-state index contributed by atoms with van der Waals surface area (Å²) in [6.45, 7) is 3.58. The van der Waals surface area contributed by atoms with Crippen LogP contribution in [-0.2, 0) is 0 Å². The van der Waals surface area contributed by atoms with E-state index in [4.69, 9.17) is 0 Å². The van der Waals surface area contributed by atoms with E-state index >= 15 is 0 Å². The average Bonchev–Trinajstić information content (AvgIpc) is 1.86. The van der Waals surface area contributed by atoms with Gasteiger partial charge >= 0.3 is 0 Å². The highest BCUT2D eigenvalue weighted by Gasteiger charge is 1.76. The van der Waals surface area contributed by atoms with E-state index in [2.05, 4.69) is 11.3 Å². The maximum atomic E-state index is 3.85. The van der Waals surface area contributed by atoms with Gasteiger partial charge < -0.3 is 0 Å². The Labute approximate surface area is 40.8 Å².